The Labute approximate surface area is 213 Å². The lowest BCUT2D eigenvalue weighted by molar-refractivity contribution is 0.0928. The van der Waals surface area contributed by atoms with E-state index in [1.54, 1.807) is 0 Å². The van der Waals surface area contributed by atoms with Crippen LogP contribution in [-0.4, -0.2) is 58.6 Å². The minimum atomic E-state index is -0.882. The number of primary amides is 1. The zero-order valence-electron chi connectivity index (χ0n) is 20.3. The van der Waals surface area contributed by atoms with E-state index >= 15 is 0 Å². The molecule has 36 heavy (non-hydrogen) atoms. The van der Waals surface area contributed by atoms with E-state index < -0.39 is 23.6 Å². The van der Waals surface area contributed by atoms with Gasteiger partial charge in [-0.15, -0.1) is 0 Å². The monoisotopic (exact) mass is 525 g/mol. The van der Waals surface area contributed by atoms with Crippen molar-refractivity contribution < 1.29 is 28.2 Å². The molecule has 1 aromatic carbocycles. The number of benzene rings is 1. The van der Waals surface area contributed by atoms with Crippen LogP contribution in [0.2, 0.25) is 0 Å². The van der Waals surface area contributed by atoms with Crippen LogP contribution in [0.4, 0.5) is 18.6 Å². The predicted molar refractivity (Wildman–Crippen MR) is 133 cm³/mol. The number of rotatable bonds is 12. The number of carbonyl (C=O) groups is 2. The first kappa shape index (κ1) is 27.8. The molecule has 2 heterocycles. The quantitative estimate of drug-likeness (QED) is 0.314. The van der Waals surface area contributed by atoms with Gasteiger partial charge in [-0.25, -0.2) is 13.6 Å². The van der Waals surface area contributed by atoms with Crippen LogP contribution in [0.15, 0.2) is 12.1 Å². The van der Waals surface area contributed by atoms with Crippen LogP contribution in [0.1, 0.15) is 60.0 Å². The Morgan fingerprint density at radius 2 is 1.97 bits per heavy atom. The van der Waals surface area contributed by atoms with Crippen molar-refractivity contribution in [2.24, 2.45) is 5.73 Å². The number of likely N-dealkylation sites (tertiary alicyclic amines) is 1. The maximum absolute atomic E-state index is 14.1. The number of anilines is 1. The highest BCUT2D eigenvalue weighted by molar-refractivity contribution is 7.11. The largest absolute Gasteiger partial charge is 0.471 e. The van der Waals surface area contributed by atoms with Crippen LogP contribution in [0.3, 0.4) is 0 Å². The van der Waals surface area contributed by atoms with Crippen molar-refractivity contribution in [3.63, 3.8) is 0 Å². The maximum atomic E-state index is 14.1. The number of aliphatic hydroxyl groups is 1. The molecule has 198 valence electrons. The fraction of sp³-hybridized carbons (Fsp3) is 0.542. The van der Waals surface area contributed by atoms with Gasteiger partial charge in [0.05, 0.1) is 6.10 Å². The average molecular weight is 526 g/mol. The van der Waals surface area contributed by atoms with Crippen LogP contribution < -0.4 is 21.1 Å². The first-order valence-electron chi connectivity index (χ1n) is 12.1. The summed E-state index contributed by atoms with van der Waals surface area (Å²) in [7, 11) is 0. The number of halogens is 2. The van der Waals surface area contributed by atoms with Crippen molar-refractivity contribution in [1.29, 1.82) is 0 Å². The number of amides is 3. The summed E-state index contributed by atoms with van der Waals surface area (Å²) in [5.74, 6) is -2.29. The van der Waals surface area contributed by atoms with Crippen LogP contribution in [0, 0.1) is 18.6 Å². The number of β-amino-alcohol motifs (C(OH)–C–C–N with tert-alkyl or cyclic N) is 1. The summed E-state index contributed by atoms with van der Waals surface area (Å²) in [6.07, 6.45) is 5.34. The number of nitrogens with two attached hydrogens (primary N) is 1. The van der Waals surface area contributed by atoms with Gasteiger partial charge in [0.1, 0.15) is 28.8 Å². The third-order valence-corrected chi connectivity index (χ3v) is 6.74. The molecule has 0 spiro atoms. The van der Waals surface area contributed by atoms with Gasteiger partial charge in [-0.3, -0.25) is 10.1 Å². The van der Waals surface area contributed by atoms with Crippen LogP contribution in [-0.2, 0) is 6.61 Å². The molecule has 5 N–H and O–H groups in total. The molecular weight excluding hydrogens is 492 g/mol. The fourth-order valence-corrected chi connectivity index (χ4v) is 4.74. The van der Waals surface area contributed by atoms with Crippen molar-refractivity contribution in [2.75, 3.05) is 31.5 Å². The zero-order valence-corrected chi connectivity index (χ0v) is 21.1. The molecule has 0 radical (unpaired) electrons. The van der Waals surface area contributed by atoms with Crippen molar-refractivity contribution in [3.8, 4) is 5.88 Å². The Morgan fingerprint density at radius 3 is 2.69 bits per heavy atom. The average Bonchev–Trinajstić information content (AvgIpc) is 3.23. The van der Waals surface area contributed by atoms with Crippen molar-refractivity contribution in [1.82, 2.24) is 14.6 Å². The van der Waals surface area contributed by atoms with Crippen LogP contribution >= 0.6 is 11.5 Å². The van der Waals surface area contributed by atoms with Gasteiger partial charge in [0.2, 0.25) is 5.88 Å². The van der Waals surface area contributed by atoms with Gasteiger partial charge in [-0.2, -0.15) is 4.37 Å². The number of ether oxygens (including phenoxy) is 1. The highest BCUT2D eigenvalue weighted by atomic mass is 32.1. The molecule has 1 aromatic heterocycles. The van der Waals surface area contributed by atoms with E-state index in [-0.39, 0.29) is 40.3 Å². The lowest BCUT2D eigenvalue weighted by atomic mass is 10.1. The Morgan fingerprint density at radius 1 is 1.22 bits per heavy atom. The fourth-order valence-electron chi connectivity index (χ4n) is 4.01. The second-order valence-electron chi connectivity index (χ2n) is 8.93. The number of hydrogen-bond acceptors (Lipinski definition) is 7. The number of aromatic nitrogens is 1. The molecule has 1 fully saturated rings. The lowest BCUT2D eigenvalue weighted by Crippen LogP contribution is -2.36. The smallest absolute Gasteiger partial charge is 0.319 e. The van der Waals surface area contributed by atoms with Crippen molar-refractivity contribution in [2.45, 2.75) is 58.2 Å². The van der Waals surface area contributed by atoms with Gasteiger partial charge in [0.25, 0.3) is 5.91 Å². The molecule has 3 rings (SSSR count). The summed E-state index contributed by atoms with van der Waals surface area (Å²) in [5.41, 5.74) is 5.39. The van der Waals surface area contributed by atoms with Crippen molar-refractivity contribution in [3.05, 3.63) is 40.5 Å². The number of aliphatic hydroxyl groups excluding tert-OH is 1. The number of piperidine rings is 1. The Kier molecular flexibility index (Phi) is 10.4. The number of unbranched alkanes of at least 4 members (excludes halogenated alkanes) is 1. The molecule has 0 saturated carbocycles. The van der Waals surface area contributed by atoms with E-state index in [1.165, 1.54) is 26.2 Å². The Balaban J connectivity index is 1.43. The van der Waals surface area contributed by atoms with Gasteiger partial charge < -0.3 is 25.8 Å². The van der Waals surface area contributed by atoms with Crippen LogP contribution in [0.5, 0.6) is 5.88 Å². The number of urea groups is 1. The SMILES string of the molecule is Cc1cc(F)c(COc2nsc(NC(=O)NCCCCC(O)CN3CCCCC3)c2C(N)=O)cc1F. The summed E-state index contributed by atoms with van der Waals surface area (Å²) in [5, 5.41) is 15.5. The maximum Gasteiger partial charge on any atom is 0.319 e. The van der Waals surface area contributed by atoms with Gasteiger partial charge in [-0.05, 0) is 81.3 Å². The van der Waals surface area contributed by atoms with Gasteiger partial charge in [0.15, 0.2) is 0 Å². The summed E-state index contributed by atoms with van der Waals surface area (Å²) < 4.78 is 37.2. The second-order valence-corrected chi connectivity index (χ2v) is 9.70. The number of aryl methyl sites for hydroxylation is 1. The summed E-state index contributed by atoms with van der Waals surface area (Å²) in [6.45, 7) is 4.22. The zero-order chi connectivity index (χ0) is 26.1. The molecule has 1 aliphatic heterocycles. The molecule has 1 saturated heterocycles. The Bertz CT molecular complexity index is 1050. The molecule has 1 unspecified atom stereocenters. The van der Waals surface area contributed by atoms with E-state index in [1.807, 2.05) is 0 Å². The molecular formula is C24H33F2N5O4S. The van der Waals surface area contributed by atoms with E-state index in [4.69, 9.17) is 10.5 Å². The number of carbonyl (C=O) groups excluding carboxylic acids is 2. The summed E-state index contributed by atoms with van der Waals surface area (Å²) >= 11 is 0.789. The van der Waals surface area contributed by atoms with Gasteiger partial charge >= 0.3 is 6.03 Å². The number of nitrogens with zero attached hydrogens (tertiary/aromatic N) is 2. The molecule has 1 aliphatic rings. The second kappa shape index (κ2) is 13.5. The summed E-state index contributed by atoms with van der Waals surface area (Å²) in [6, 6.07) is 1.52. The molecule has 2 aromatic rings. The standard InChI is InChI=1S/C24H33F2N5O4S/c1-15-11-19(26)16(12-18(15)25)14-35-22-20(21(27)33)23(36-30-22)29-24(34)28-8-4-3-7-17(32)13-31-9-5-2-6-10-31/h11-12,17,32H,2-10,13-14H2,1H3,(H2,27,33)(H2,28,29,34). The van der Waals surface area contributed by atoms with Gasteiger partial charge in [-0.1, -0.05) is 6.42 Å². The normalized spacial score (nSPS) is 14.9. The Hall–Kier alpha value is -2.83. The molecule has 0 aliphatic carbocycles. The topological polar surface area (TPSA) is 130 Å². The third kappa shape index (κ3) is 8.10. The molecule has 1 atom stereocenters. The first-order chi connectivity index (χ1) is 17.2. The van der Waals surface area contributed by atoms with E-state index in [0.29, 0.717) is 25.9 Å². The third-order valence-electron chi connectivity index (χ3n) is 5.99. The molecule has 0 bridgehead atoms. The number of nitrogens with one attached hydrogen (secondary N) is 2. The predicted octanol–water partition coefficient (Wildman–Crippen LogP) is 3.55. The number of hydrogen-bond donors (Lipinski definition) is 4. The minimum Gasteiger partial charge on any atom is -0.471 e. The molecule has 9 nitrogen and oxygen atoms in total. The van der Waals surface area contributed by atoms with Crippen LogP contribution in [0.25, 0.3) is 0 Å². The van der Waals surface area contributed by atoms with E-state index in [0.717, 1.165) is 43.2 Å². The van der Waals surface area contributed by atoms with Gasteiger partial charge in [0, 0.05) is 18.7 Å². The highest BCUT2D eigenvalue weighted by Gasteiger charge is 2.22. The lowest BCUT2D eigenvalue weighted by Gasteiger charge is -2.28. The molecule has 3 amide bonds. The minimum absolute atomic E-state index is 0.0465. The summed E-state index contributed by atoms with van der Waals surface area (Å²) in [4.78, 5) is 26.5. The molecule has 12 heteroatoms. The van der Waals surface area contributed by atoms with E-state index in [9.17, 15) is 23.5 Å². The highest BCUT2D eigenvalue weighted by Crippen LogP contribution is 2.31. The van der Waals surface area contributed by atoms with Crippen molar-refractivity contribution >= 4 is 28.5 Å². The van der Waals surface area contributed by atoms with E-state index in [2.05, 4.69) is 19.9 Å². The first-order valence-corrected chi connectivity index (χ1v) is 12.8.